The number of H-pyrrole nitrogens is 2. The van der Waals surface area contributed by atoms with Crippen molar-refractivity contribution in [1.82, 2.24) is 77.6 Å². The molecule has 650 valence electrons. The summed E-state index contributed by atoms with van der Waals surface area (Å²) in [5, 5.41) is -0.508. The lowest BCUT2D eigenvalue weighted by Gasteiger charge is -2.25. The van der Waals surface area contributed by atoms with Crippen LogP contribution in [0.4, 0.5) is 0 Å². The molecular weight excluding hydrogens is 1700 g/mol. The normalized spacial score (nSPS) is 20.5. The van der Waals surface area contributed by atoms with Crippen LogP contribution in [0.15, 0.2) is 87.7 Å². The maximum atomic E-state index is 15.5. The minimum absolute atomic E-state index is 0.127. The molecule has 40 heteroatoms. The standard InChI is InChI=1S/C80H106N16O16S8/c97-113(98,89-49-25-9-1-10-26-49)65-41-57-58(42-66(65)114(99,100)90-50-27-11-2-12-28-50)74-81-73(57)85-75-59-43-67(115(101,102)91-51-29-13-3-14-30-51)68(116(103,104)92-52-31-15-4-16-32-52)44-60(59)77(82-75)87-79-63-47-71(119(109,110)95-55-37-21-7-22-38-55)72(120(111,112)96-56-39-23-8-24-40-56)48-64(63)80(84-79)88-78-62-46-70(118(107,108)94-54-35-19-6-20-36-54)69(45-61(62)76(83-78)86-74)117(105,106)93-53-33-17-5-18-34-53/h41-56,89-96H,1-40H2,(H2,81,82,83,84,85,86,87,88). The van der Waals surface area contributed by atoms with E-state index in [0.29, 0.717) is 205 Å². The Morgan fingerprint density at radius 3 is 0.467 bits per heavy atom. The van der Waals surface area contributed by atoms with Gasteiger partial charge in [-0.1, -0.05) is 154 Å². The monoisotopic (exact) mass is 1800 g/mol. The van der Waals surface area contributed by atoms with Gasteiger partial charge < -0.3 is 9.97 Å². The van der Waals surface area contributed by atoms with E-state index in [1.807, 2.05) is 0 Å². The highest BCUT2D eigenvalue weighted by Crippen LogP contribution is 2.45. The SMILES string of the molecule is O=S(=O)(NC1CCCCC1)c1cc2c(cc1S(=O)(=O)NC1CCCCC1)-c1nc-2nc2[nH]c(nc3nc(nc4[nH]c(n1)c1cc(S(=O)(=O)NC5CCCCC5)c(S(=O)(=O)NC5CCCCC5)cc41)-c1cc(S(=O)(=O)NC4CCCCC4)c(S(=O)(=O)NC4CCCCC4)cc1-3)c1cc(S(=O)(=O)NC3CCCCC3)c(S(=O)(=O)NC3CCCCC3)cc21. The molecular formula is C80H106N16O16S8. The molecule has 0 atom stereocenters. The number of fused-ring (bicyclic) bond motifs is 20. The fraction of sp³-hybridized carbons (Fsp3) is 0.600. The Balaban J connectivity index is 1.01. The van der Waals surface area contributed by atoms with E-state index in [0.717, 1.165) is 99.9 Å². The molecule has 4 aromatic carbocycles. The van der Waals surface area contributed by atoms with E-state index in [9.17, 15) is 0 Å². The number of nitrogens with zero attached hydrogens (tertiary/aromatic N) is 6. The van der Waals surface area contributed by atoms with Gasteiger partial charge in [0.25, 0.3) is 0 Å². The lowest BCUT2D eigenvalue weighted by molar-refractivity contribution is 0.409. The minimum Gasteiger partial charge on any atom is -0.324 e. The van der Waals surface area contributed by atoms with Gasteiger partial charge in [0.2, 0.25) is 80.2 Å². The summed E-state index contributed by atoms with van der Waals surface area (Å²) in [5.74, 6) is -1.55. The van der Waals surface area contributed by atoms with E-state index in [1.54, 1.807) is 0 Å². The topological polar surface area (TPSA) is 478 Å². The maximum absolute atomic E-state index is 15.5. The van der Waals surface area contributed by atoms with Gasteiger partial charge in [-0.2, -0.15) is 0 Å². The molecule has 0 radical (unpaired) electrons. The molecule has 8 aliphatic carbocycles. The Kier molecular flexibility index (Phi) is 24.6. The average Bonchev–Trinajstić information content (AvgIpc) is 1.55. The zero-order chi connectivity index (χ0) is 83.7. The van der Waals surface area contributed by atoms with Crippen molar-refractivity contribution in [2.45, 2.75) is 344 Å². The summed E-state index contributed by atoms with van der Waals surface area (Å²) in [7, 11) is -38.8. The molecule has 7 aromatic rings. The highest BCUT2D eigenvalue weighted by molar-refractivity contribution is 7.94. The predicted molar refractivity (Wildman–Crippen MR) is 454 cm³/mol. The molecule has 32 nitrogen and oxygen atoms in total. The van der Waals surface area contributed by atoms with E-state index in [1.165, 1.54) is 0 Å². The Bertz CT molecular complexity index is 5570. The molecule has 10 aliphatic rings. The second-order valence-corrected chi connectivity index (χ2v) is 48.1. The van der Waals surface area contributed by atoms with Gasteiger partial charge in [-0.15, -0.1) is 0 Å². The lowest BCUT2D eigenvalue weighted by Crippen LogP contribution is -2.39. The van der Waals surface area contributed by atoms with Crippen molar-refractivity contribution in [3.05, 3.63) is 48.5 Å². The second-order valence-electron chi connectivity index (χ2n) is 34.6. The molecule has 5 heterocycles. The maximum Gasteiger partial charge on any atom is 0.242 e. The first-order valence-electron chi connectivity index (χ1n) is 43.1. The molecule has 120 heavy (non-hydrogen) atoms. The van der Waals surface area contributed by atoms with Gasteiger partial charge in [0.1, 0.15) is 61.8 Å². The van der Waals surface area contributed by atoms with Gasteiger partial charge in [-0.25, -0.2) is 135 Å². The number of hydrogen-bond donors (Lipinski definition) is 10. The molecule has 2 aliphatic heterocycles. The fourth-order valence-electron chi connectivity index (χ4n) is 19.5. The lowest BCUT2D eigenvalue weighted by atomic mass is 9.96. The third-order valence-corrected chi connectivity index (χ3v) is 38.8. The zero-order valence-corrected chi connectivity index (χ0v) is 73.5. The van der Waals surface area contributed by atoms with Crippen LogP contribution in [-0.2, 0) is 80.2 Å². The molecule has 0 amide bonds. The third-order valence-electron chi connectivity index (χ3n) is 25.8. The summed E-state index contributed by atoms with van der Waals surface area (Å²) < 4.78 is 271. The van der Waals surface area contributed by atoms with Crippen molar-refractivity contribution in [3.63, 3.8) is 0 Å². The van der Waals surface area contributed by atoms with Crippen LogP contribution in [-0.4, -0.2) is 156 Å². The Labute approximate surface area is 702 Å². The van der Waals surface area contributed by atoms with Crippen molar-refractivity contribution in [2.75, 3.05) is 0 Å². The molecule has 8 bridgehead atoms. The highest BCUT2D eigenvalue weighted by atomic mass is 32.2. The van der Waals surface area contributed by atoms with Gasteiger partial charge in [-0.3, -0.25) is 0 Å². The summed E-state index contributed by atoms with van der Waals surface area (Å²) in [6, 6.07) is 4.24. The van der Waals surface area contributed by atoms with Crippen LogP contribution in [0.25, 0.3) is 89.7 Å². The summed E-state index contributed by atoms with van der Waals surface area (Å²) in [6.45, 7) is 0. The molecule has 10 N–H and O–H groups in total. The number of aromatic nitrogens is 8. The van der Waals surface area contributed by atoms with Crippen LogP contribution in [0.1, 0.15) is 257 Å². The largest absolute Gasteiger partial charge is 0.324 e. The van der Waals surface area contributed by atoms with Crippen LogP contribution in [0.5, 0.6) is 0 Å². The number of nitrogens with one attached hydrogen (secondary N) is 10. The molecule has 0 unspecified atom stereocenters. The molecule has 17 rings (SSSR count). The third kappa shape index (κ3) is 18.2. The number of sulfonamides is 8. The molecule has 0 spiro atoms. The van der Waals surface area contributed by atoms with Gasteiger partial charge in [0.05, 0.1) is 0 Å². The minimum atomic E-state index is -4.85. The summed E-state index contributed by atoms with van der Waals surface area (Å²) in [5.41, 5.74) is -1.82. The smallest absolute Gasteiger partial charge is 0.242 e. The van der Waals surface area contributed by atoms with Gasteiger partial charge >= 0.3 is 0 Å². The summed E-state index contributed by atoms with van der Waals surface area (Å²) in [4.78, 5) is 31.6. The van der Waals surface area contributed by atoms with Crippen molar-refractivity contribution in [2.24, 2.45) is 0 Å². The predicted octanol–water partition coefficient (Wildman–Crippen LogP) is 11.8. The van der Waals surface area contributed by atoms with Crippen LogP contribution in [0.2, 0.25) is 0 Å². The first kappa shape index (κ1) is 85.7. The molecule has 0 saturated heterocycles. The van der Waals surface area contributed by atoms with Crippen LogP contribution < -0.4 is 37.8 Å². The number of hydrogen-bond acceptors (Lipinski definition) is 22. The number of rotatable bonds is 24. The molecule has 8 fully saturated rings. The van der Waals surface area contributed by atoms with Crippen LogP contribution in [0, 0.1) is 0 Å². The number of aromatic amines is 2. The molecule has 3 aromatic heterocycles. The van der Waals surface area contributed by atoms with E-state index in [2.05, 4.69) is 47.7 Å². The van der Waals surface area contributed by atoms with E-state index in [-0.39, 0.29) is 89.7 Å². The van der Waals surface area contributed by atoms with Gasteiger partial charge in [0.15, 0.2) is 23.3 Å². The van der Waals surface area contributed by atoms with E-state index < -0.39 is 168 Å². The quantitative estimate of drug-likeness (QED) is 0.0269. The first-order valence-corrected chi connectivity index (χ1v) is 54.9. The first-order chi connectivity index (χ1) is 57.3. The Morgan fingerprint density at radius 1 is 0.192 bits per heavy atom. The summed E-state index contributed by atoms with van der Waals surface area (Å²) in [6.07, 6.45) is 25.0. The van der Waals surface area contributed by atoms with Crippen molar-refractivity contribution in [1.29, 1.82) is 0 Å². The highest BCUT2D eigenvalue weighted by Gasteiger charge is 2.41. The van der Waals surface area contributed by atoms with Crippen molar-refractivity contribution >= 4 is 124 Å². The van der Waals surface area contributed by atoms with E-state index >= 15 is 67.3 Å². The van der Waals surface area contributed by atoms with Gasteiger partial charge in [-0.05, 0) is 151 Å². The fourth-order valence-corrected chi connectivity index (χ4v) is 33.3. The Morgan fingerprint density at radius 2 is 0.325 bits per heavy atom. The van der Waals surface area contributed by atoms with Crippen molar-refractivity contribution in [3.8, 4) is 45.6 Å². The average molecular weight is 1800 g/mol. The van der Waals surface area contributed by atoms with Gasteiger partial charge in [0, 0.05) is 92.1 Å². The van der Waals surface area contributed by atoms with Crippen LogP contribution in [0.3, 0.4) is 0 Å². The molecule has 8 saturated carbocycles. The Hall–Kier alpha value is -6.48. The van der Waals surface area contributed by atoms with Crippen LogP contribution >= 0.6 is 0 Å². The van der Waals surface area contributed by atoms with E-state index in [4.69, 9.17) is 29.9 Å². The second kappa shape index (κ2) is 34.5. The number of benzene rings is 4. The zero-order valence-electron chi connectivity index (χ0n) is 67.0. The summed E-state index contributed by atoms with van der Waals surface area (Å²) >= 11 is 0. The van der Waals surface area contributed by atoms with Crippen molar-refractivity contribution < 1.29 is 67.3 Å².